The zero-order chi connectivity index (χ0) is 15.4. The van der Waals surface area contributed by atoms with Crippen molar-refractivity contribution in [3.8, 4) is 28.9 Å². The zero-order valence-electron chi connectivity index (χ0n) is 11.6. The summed E-state index contributed by atoms with van der Waals surface area (Å²) < 4.78 is 23.7. The highest BCUT2D eigenvalue weighted by Gasteiger charge is 2.07. The Hall–Kier alpha value is -3.09. The van der Waals surface area contributed by atoms with Crippen LogP contribution in [0, 0.1) is 5.82 Å². The molecule has 0 amide bonds. The van der Waals surface area contributed by atoms with E-state index < -0.39 is 5.82 Å². The number of rotatable bonds is 4. The summed E-state index contributed by atoms with van der Waals surface area (Å²) in [5.41, 5.74) is 1.26. The lowest BCUT2D eigenvalue weighted by atomic mass is 10.2. The minimum atomic E-state index is -0.476. The summed E-state index contributed by atoms with van der Waals surface area (Å²) in [5, 5.41) is 7.86. The van der Waals surface area contributed by atoms with Gasteiger partial charge in [0.25, 0.3) is 0 Å². The van der Waals surface area contributed by atoms with Crippen LogP contribution in [-0.4, -0.2) is 27.3 Å². The van der Waals surface area contributed by atoms with E-state index in [2.05, 4.69) is 20.2 Å². The van der Waals surface area contributed by atoms with Gasteiger partial charge in [0.05, 0.1) is 12.8 Å². The smallest absolute Gasteiger partial charge is 0.322 e. The maximum Gasteiger partial charge on any atom is 0.322 e. The number of para-hydroxylation sites is 1. The van der Waals surface area contributed by atoms with Gasteiger partial charge in [-0.25, -0.2) is 14.4 Å². The molecule has 3 aromatic rings. The molecule has 2 heterocycles. The Bertz CT molecular complexity index is 763. The molecule has 0 saturated carbocycles. The zero-order valence-corrected chi connectivity index (χ0v) is 11.6. The molecule has 0 unspecified atom stereocenters. The van der Waals surface area contributed by atoms with E-state index in [-0.39, 0.29) is 11.8 Å². The molecule has 2 aromatic heterocycles. The molecule has 0 N–H and O–H groups in total. The lowest BCUT2D eigenvalue weighted by Crippen LogP contribution is -1.96. The van der Waals surface area contributed by atoms with Crippen molar-refractivity contribution in [1.82, 2.24) is 20.2 Å². The van der Waals surface area contributed by atoms with Crippen molar-refractivity contribution in [2.24, 2.45) is 0 Å². The Morgan fingerprint density at radius 1 is 0.955 bits per heavy atom. The first-order valence-corrected chi connectivity index (χ1v) is 6.39. The molecule has 0 saturated heterocycles. The van der Waals surface area contributed by atoms with Gasteiger partial charge in [-0.1, -0.05) is 12.1 Å². The molecule has 7 heteroatoms. The number of nitrogens with zero attached hydrogens (tertiary/aromatic N) is 4. The first kappa shape index (κ1) is 13.9. The van der Waals surface area contributed by atoms with Crippen LogP contribution in [0.5, 0.6) is 17.6 Å². The van der Waals surface area contributed by atoms with Crippen LogP contribution in [0.2, 0.25) is 0 Å². The third-order valence-corrected chi connectivity index (χ3v) is 2.81. The number of benzene rings is 1. The van der Waals surface area contributed by atoms with Crippen molar-refractivity contribution < 1.29 is 13.9 Å². The second-order valence-corrected chi connectivity index (χ2v) is 4.25. The van der Waals surface area contributed by atoms with Crippen molar-refractivity contribution >= 4 is 0 Å². The largest absolute Gasteiger partial charge is 0.480 e. The molecule has 0 aliphatic rings. The van der Waals surface area contributed by atoms with Crippen molar-refractivity contribution in [3.63, 3.8) is 0 Å². The maximum atomic E-state index is 13.5. The second-order valence-electron chi connectivity index (χ2n) is 4.25. The Kier molecular flexibility index (Phi) is 3.86. The molecule has 6 nitrogen and oxygen atoms in total. The van der Waals surface area contributed by atoms with Gasteiger partial charge in [-0.2, -0.15) is 0 Å². The predicted octanol–water partition coefficient (Wildman–Crippen LogP) is 2.87. The van der Waals surface area contributed by atoms with E-state index in [4.69, 9.17) is 9.47 Å². The van der Waals surface area contributed by atoms with Crippen LogP contribution >= 0.6 is 0 Å². The van der Waals surface area contributed by atoms with Gasteiger partial charge < -0.3 is 9.47 Å². The van der Waals surface area contributed by atoms with E-state index >= 15 is 0 Å². The molecular formula is C15H11FN4O2. The molecule has 1 aromatic carbocycles. The third-order valence-electron chi connectivity index (χ3n) is 2.81. The van der Waals surface area contributed by atoms with Crippen LogP contribution in [0.25, 0.3) is 11.3 Å². The first-order chi connectivity index (χ1) is 10.8. The van der Waals surface area contributed by atoms with Crippen LogP contribution in [0.15, 0.2) is 48.8 Å². The summed E-state index contributed by atoms with van der Waals surface area (Å²) in [6, 6.07) is 9.52. The maximum absolute atomic E-state index is 13.5. The summed E-state index contributed by atoms with van der Waals surface area (Å²) >= 11 is 0. The monoisotopic (exact) mass is 298 g/mol. The number of ether oxygens (including phenoxy) is 2. The highest BCUT2D eigenvalue weighted by molar-refractivity contribution is 5.56. The second kappa shape index (κ2) is 6.13. The van der Waals surface area contributed by atoms with E-state index in [1.54, 1.807) is 24.3 Å². The fourth-order valence-electron chi connectivity index (χ4n) is 1.71. The Morgan fingerprint density at radius 2 is 1.73 bits per heavy atom. The molecular weight excluding hydrogens is 287 g/mol. The Balaban J connectivity index is 1.79. The molecule has 0 bridgehead atoms. The predicted molar refractivity (Wildman–Crippen MR) is 76.1 cm³/mol. The number of aromatic nitrogens is 4. The van der Waals surface area contributed by atoms with Crippen molar-refractivity contribution in [3.05, 3.63) is 54.6 Å². The van der Waals surface area contributed by atoms with E-state index in [9.17, 15) is 4.39 Å². The van der Waals surface area contributed by atoms with Crippen molar-refractivity contribution in [2.75, 3.05) is 7.11 Å². The fraction of sp³-hybridized carbons (Fsp3) is 0.0667. The SMILES string of the molecule is COc1ccc(-c2cnc(Oc3ccccc3F)nc2)nn1. The minimum Gasteiger partial charge on any atom is -0.480 e. The molecule has 0 aliphatic heterocycles. The van der Waals surface area contributed by atoms with E-state index in [0.717, 1.165) is 0 Å². The van der Waals surface area contributed by atoms with Gasteiger partial charge in [0.15, 0.2) is 11.6 Å². The number of hydrogen-bond donors (Lipinski definition) is 0. The summed E-state index contributed by atoms with van der Waals surface area (Å²) in [5.74, 6) is 0.0138. The van der Waals surface area contributed by atoms with Crippen LogP contribution < -0.4 is 9.47 Å². The third kappa shape index (κ3) is 2.98. The van der Waals surface area contributed by atoms with Crippen LogP contribution in [0.4, 0.5) is 4.39 Å². The van der Waals surface area contributed by atoms with Gasteiger partial charge in [0.2, 0.25) is 5.88 Å². The Labute approximate surface area is 125 Å². The molecule has 3 rings (SSSR count). The van der Waals surface area contributed by atoms with Gasteiger partial charge in [-0.15, -0.1) is 10.2 Å². The van der Waals surface area contributed by atoms with E-state index in [1.165, 1.54) is 31.6 Å². The number of methoxy groups -OCH3 is 1. The molecule has 0 spiro atoms. The fourth-order valence-corrected chi connectivity index (χ4v) is 1.71. The van der Waals surface area contributed by atoms with Gasteiger partial charge in [-0.05, 0) is 18.2 Å². The van der Waals surface area contributed by atoms with Gasteiger partial charge in [-0.3, -0.25) is 0 Å². The minimum absolute atomic E-state index is 0.0512. The van der Waals surface area contributed by atoms with E-state index in [1.807, 2.05) is 0 Å². The lowest BCUT2D eigenvalue weighted by Gasteiger charge is -2.05. The average Bonchev–Trinajstić information content (AvgIpc) is 2.58. The molecule has 0 aliphatic carbocycles. The summed E-state index contributed by atoms with van der Waals surface area (Å²) in [4.78, 5) is 8.07. The Morgan fingerprint density at radius 3 is 2.36 bits per heavy atom. The van der Waals surface area contributed by atoms with Crippen LogP contribution in [0.3, 0.4) is 0 Å². The standard InChI is InChI=1S/C15H11FN4O2/c1-21-14-7-6-12(19-20-14)10-8-17-15(18-9-10)22-13-5-3-2-4-11(13)16/h2-9H,1H3. The highest BCUT2D eigenvalue weighted by Crippen LogP contribution is 2.22. The van der Waals surface area contributed by atoms with Gasteiger partial charge in [0, 0.05) is 24.0 Å². The van der Waals surface area contributed by atoms with Crippen molar-refractivity contribution in [1.29, 1.82) is 0 Å². The summed E-state index contributed by atoms with van der Waals surface area (Å²) in [6.45, 7) is 0. The normalized spacial score (nSPS) is 10.3. The lowest BCUT2D eigenvalue weighted by molar-refractivity contribution is 0.392. The van der Waals surface area contributed by atoms with Crippen LogP contribution in [0.1, 0.15) is 0 Å². The first-order valence-electron chi connectivity index (χ1n) is 6.39. The van der Waals surface area contributed by atoms with Crippen LogP contribution in [-0.2, 0) is 0 Å². The molecule has 0 atom stereocenters. The molecule has 22 heavy (non-hydrogen) atoms. The topological polar surface area (TPSA) is 70.0 Å². The molecule has 0 fully saturated rings. The number of hydrogen-bond acceptors (Lipinski definition) is 6. The molecule has 110 valence electrons. The molecule has 0 radical (unpaired) electrons. The van der Waals surface area contributed by atoms with Gasteiger partial charge in [0.1, 0.15) is 0 Å². The average molecular weight is 298 g/mol. The van der Waals surface area contributed by atoms with E-state index in [0.29, 0.717) is 17.1 Å². The summed E-state index contributed by atoms with van der Waals surface area (Å²) in [6.07, 6.45) is 3.05. The summed E-state index contributed by atoms with van der Waals surface area (Å²) in [7, 11) is 1.52. The quantitative estimate of drug-likeness (QED) is 0.737. The van der Waals surface area contributed by atoms with Gasteiger partial charge >= 0.3 is 6.01 Å². The highest BCUT2D eigenvalue weighted by atomic mass is 19.1. The number of halogens is 1. The van der Waals surface area contributed by atoms with Crippen molar-refractivity contribution in [2.45, 2.75) is 0 Å².